The Labute approximate surface area is 123 Å². The molecule has 0 aliphatic heterocycles. The minimum atomic E-state index is 0.140. The van der Waals surface area contributed by atoms with E-state index in [9.17, 15) is 0 Å². The molecule has 0 bridgehead atoms. The highest BCUT2D eigenvalue weighted by Crippen LogP contribution is 2.24. The molecular formula is C15H15N3OS. The largest absolute Gasteiger partial charge is 0.457 e. The first-order valence-corrected chi connectivity index (χ1v) is 6.48. The first kappa shape index (κ1) is 14.0. The van der Waals surface area contributed by atoms with Crippen molar-refractivity contribution in [3.8, 4) is 11.5 Å². The minimum absolute atomic E-state index is 0.140. The van der Waals surface area contributed by atoms with Crippen molar-refractivity contribution < 1.29 is 4.74 Å². The van der Waals surface area contributed by atoms with Crippen LogP contribution in [0.5, 0.6) is 11.5 Å². The van der Waals surface area contributed by atoms with Crippen molar-refractivity contribution in [3.05, 3.63) is 59.7 Å². The van der Waals surface area contributed by atoms with Gasteiger partial charge in [-0.05, 0) is 60.6 Å². The van der Waals surface area contributed by atoms with Gasteiger partial charge in [-0.25, -0.2) is 0 Å². The van der Waals surface area contributed by atoms with Crippen LogP contribution < -0.4 is 15.9 Å². The molecule has 0 unspecified atom stereocenters. The lowest BCUT2D eigenvalue weighted by Crippen LogP contribution is -2.23. The van der Waals surface area contributed by atoms with Gasteiger partial charge in [0.2, 0.25) is 0 Å². The second-order valence-corrected chi connectivity index (χ2v) is 4.61. The Hall–Kier alpha value is -2.40. The van der Waals surface area contributed by atoms with Gasteiger partial charge in [0, 0.05) is 0 Å². The van der Waals surface area contributed by atoms with Crippen LogP contribution in [-0.2, 0) is 0 Å². The number of benzene rings is 2. The molecule has 0 fully saturated rings. The minimum Gasteiger partial charge on any atom is -0.457 e. The molecule has 0 spiro atoms. The van der Waals surface area contributed by atoms with Gasteiger partial charge in [0.15, 0.2) is 5.11 Å². The van der Waals surface area contributed by atoms with Gasteiger partial charge in [-0.15, -0.1) is 0 Å². The van der Waals surface area contributed by atoms with E-state index in [0.29, 0.717) is 0 Å². The summed E-state index contributed by atoms with van der Waals surface area (Å²) >= 11 is 4.65. The first-order valence-electron chi connectivity index (χ1n) is 6.07. The maximum atomic E-state index is 5.81. The van der Waals surface area contributed by atoms with E-state index in [1.54, 1.807) is 6.21 Å². The van der Waals surface area contributed by atoms with Crippen LogP contribution in [0, 0.1) is 6.92 Å². The summed E-state index contributed by atoms with van der Waals surface area (Å²) in [6, 6.07) is 15.5. The summed E-state index contributed by atoms with van der Waals surface area (Å²) in [6.07, 6.45) is 1.64. The second kappa shape index (κ2) is 6.68. The van der Waals surface area contributed by atoms with E-state index in [2.05, 4.69) is 22.7 Å². The van der Waals surface area contributed by atoms with Crippen LogP contribution in [0.2, 0.25) is 0 Å². The predicted octanol–water partition coefficient (Wildman–Crippen LogP) is 2.95. The van der Waals surface area contributed by atoms with E-state index >= 15 is 0 Å². The third-order valence-corrected chi connectivity index (χ3v) is 2.68. The van der Waals surface area contributed by atoms with Crippen LogP contribution in [0.25, 0.3) is 0 Å². The van der Waals surface area contributed by atoms with Crippen molar-refractivity contribution in [2.75, 3.05) is 0 Å². The molecule has 4 nitrogen and oxygen atoms in total. The molecule has 0 aromatic heterocycles. The Morgan fingerprint density at radius 2 is 1.90 bits per heavy atom. The molecule has 0 saturated heterocycles. The van der Waals surface area contributed by atoms with E-state index in [-0.39, 0.29) is 5.11 Å². The molecule has 5 heteroatoms. The Balaban J connectivity index is 2.03. The zero-order chi connectivity index (χ0) is 14.4. The molecule has 0 aliphatic rings. The lowest BCUT2D eigenvalue weighted by molar-refractivity contribution is 0.479. The molecule has 0 heterocycles. The van der Waals surface area contributed by atoms with Crippen LogP contribution in [0.1, 0.15) is 11.1 Å². The van der Waals surface area contributed by atoms with Crippen molar-refractivity contribution in [1.29, 1.82) is 0 Å². The zero-order valence-corrected chi connectivity index (χ0v) is 11.9. The lowest BCUT2D eigenvalue weighted by Gasteiger charge is -2.08. The molecule has 0 saturated carbocycles. The van der Waals surface area contributed by atoms with Crippen molar-refractivity contribution in [2.45, 2.75) is 6.92 Å². The first-order chi connectivity index (χ1) is 9.65. The van der Waals surface area contributed by atoms with Gasteiger partial charge < -0.3 is 10.5 Å². The van der Waals surface area contributed by atoms with E-state index in [1.165, 1.54) is 0 Å². The highest BCUT2D eigenvalue weighted by Gasteiger charge is 2.00. The topological polar surface area (TPSA) is 59.6 Å². The summed E-state index contributed by atoms with van der Waals surface area (Å²) < 4.78 is 5.81. The third kappa shape index (κ3) is 4.07. The van der Waals surface area contributed by atoms with Gasteiger partial charge in [-0.3, -0.25) is 5.43 Å². The fourth-order valence-electron chi connectivity index (χ4n) is 1.59. The van der Waals surface area contributed by atoms with Gasteiger partial charge in [0.25, 0.3) is 0 Å². The summed E-state index contributed by atoms with van der Waals surface area (Å²) in [4.78, 5) is 0. The number of hydrogen-bond acceptors (Lipinski definition) is 3. The average molecular weight is 285 g/mol. The van der Waals surface area contributed by atoms with E-state index in [4.69, 9.17) is 10.5 Å². The SMILES string of the molecule is Cc1ccccc1Oc1ccc(/C=N\NC(N)=S)cc1. The van der Waals surface area contributed by atoms with Gasteiger partial charge >= 0.3 is 0 Å². The molecule has 2 rings (SSSR count). The molecule has 102 valence electrons. The molecule has 0 radical (unpaired) electrons. The van der Waals surface area contributed by atoms with E-state index < -0.39 is 0 Å². The summed E-state index contributed by atoms with van der Waals surface area (Å²) in [6.45, 7) is 2.01. The smallest absolute Gasteiger partial charge is 0.184 e. The number of hydrazone groups is 1. The number of para-hydroxylation sites is 1. The molecule has 0 atom stereocenters. The van der Waals surface area contributed by atoms with Crippen molar-refractivity contribution in [1.82, 2.24) is 5.43 Å². The van der Waals surface area contributed by atoms with Gasteiger partial charge in [-0.1, -0.05) is 18.2 Å². The summed E-state index contributed by atoms with van der Waals surface area (Å²) in [5.74, 6) is 1.63. The van der Waals surface area contributed by atoms with Gasteiger partial charge in [-0.2, -0.15) is 5.10 Å². The van der Waals surface area contributed by atoms with Crippen LogP contribution >= 0.6 is 12.2 Å². The van der Waals surface area contributed by atoms with Crippen LogP contribution in [-0.4, -0.2) is 11.3 Å². The fourth-order valence-corrected chi connectivity index (χ4v) is 1.64. The fraction of sp³-hybridized carbons (Fsp3) is 0.0667. The lowest BCUT2D eigenvalue weighted by atomic mass is 10.2. The second-order valence-electron chi connectivity index (χ2n) is 4.17. The molecular weight excluding hydrogens is 270 g/mol. The predicted molar refractivity (Wildman–Crippen MR) is 85.2 cm³/mol. The Kier molecular flexibility index (Phi) is 4.68. The summed E-state index contributed by atoms with van der Waals surface area (Å²) in [5.41, 5.74) is 9.79. The maximum Gasteiger partial charge on any atom is 0.184 e. The van der Waals surface area contributed by atoms with E-state index in [0.717, 1.165) is 22.6 Å². The molecule has 2 aromatic rings. The normalized spacial score (nSPS) is 10.4. The number of rotatable bonds is 4. The molecule has 20 heavy (non-hydrogen) atoms. The number of nitrogens with zero attached hydrogens (tertiary/aromatic N) is 1. The number of ether oxygens (including phenoxy) is 1. The van der Waals surface area contributed by atoms with Crippen molar-refractivity contribution in [3.63, 3.8) is 0 Å². The van der Waals surface area contributed by atoms with Gasteiger partial charge in [0.1, 0.15) is 11.5 Å². The van der Waals surface area contributed by atoms with Crippen molar-refractivity contribution in [2.24, 2.45) is 10.8 Å². The van der Waals surface area contributed by atoms with Crippen LogP contribution in [0.4, 0.5) is 0 Å². The Morgan fingerprint density at radius 1 is 1.20 bits per heavy atom. The number of aryl methyl sites for hydroxylation is 1. The number of thiocarbonyl (C=S) groups is 1. The Morgan fingerprint density at radius 3 is 2.55 bits per heavy atom. The molecule has 0 aliphatic carbocycles. The number of nitrogens with one attached hydrogen (secondary N) is 1. The quantitative estimate of drug-likeness (QED) is 0.515. The monoisotopic (exact) mass is 285 g/mol. The summed E-state index contributed by atoms with van der Waals surface area (Å²) in [7, 11) is 0. The number of nitrogens with two attached hydrogens (primary N) is 1. The molecule has 0 amide bonds. The standard InChI is InChI=1S/C15H15N3OS/c1-11-4-2-3-5-14(11)19-13-8-6-12(7-9-13)10-17-18-15(16)20/h2-10H,1H3,(H3,16,18,20)/b17-10-. The zero-order valence-electron chi connectivity index (χ0n) is 11.0. The Bertz CT molecular complexity index is 623. The highest BCUT2D eigenvalue weighted by molar-refractivity contribution is 7.80. The summed E-state index contributed by atoms with van der Waals surface area (Å²) in [5, 5.41) is 4.03. The highest BCUT2D eigenvalue weighted by atomic mass is 32.1. The van der Waals surface area contributed by atoms with E-state index in [1.807, 2.05) is 55.5 Å². The number of hydrogen-bond donors (Lipinski definition) is 2. The average Bonchev–Trinajstić information content (AvgIpc) is 2.43. The van der Waals surface area contributed by atoms with Crippen molar-refractivity contribution >= 4 is 23.5 Å². The molecule has 3 N–H and O–H groups in total. The van der Waals surface area contributed by atoms with Crippen LogP contribution in [0.15, 0.2) is 53.6 Å². The van der Waals surface area contributed by atoms with Crippen LogP contribution in [0.3, 0.4) is 0 Å². The van der Waals surface area contributed by atoms with Gasteiger partial charge in [0.05, 0.1) is 6.21 Å². The molecule has 2 aromatic carbocycles. The third-order valence-electron chi connectivity index (χ3n) is 2.59. The maximum absolute atomic E-state index is 5.81.